The molecular formula is C4HBr2NO3. The van der Waals surface area contributed by atoms with Gasteiger partial charge in [-0.25, -0.2) is 4.79 Å². The Hall–Kier alpha value is -0.360. The van der Waals surface area contributed by atoms with Crippen molar-refractivity contribution in [1.82, 2.24) is 4.98 Å². The predicted molar refractivity (Wildman–Crippen MR) is 38.9 cm³/mol. The van der Waals surface area contributed by atoms with Gasteiger partial charge >= 0.3 is 11.9 Å². The highest BCUT2D eigenvalue weighted by Crippen LogP contribution is 2.22. The van der Waals surface area contributed by atoms with Crippen LogP contribution in [0.5, 0.6) is 0 Å². The first-order valence-corrected chi connectivity index (χ1v) is 3.75. The summed E-state index contributed by atoms with van der Waals surface area (Å²) < 4.78 is 5.27. The molecule has 0 amide bonds. The minimum absolute atomic E-state index is 0.282. The van der Waals surface area contributed by atoms with Gasteiger partial charge in [0.25, 0.3) is 0 Å². The third-order valence-electron chi connectivity index (χ3n) is 0.731. The highest BCUT2D eigenvalue weighted by atomic mass is 79.9. The summed E-state index contributed by atoms with van der Waals surface area (Å²) in [6, 6.07) is 0. The van der Waals surface area contributed by atoms with Crippen LogP contribution in [0.4, 0.5) is 0 Å². The number of hydrogen-bond acceptors (Lipinski definition) is 3. The molecule has 1 aromatic rings. The zero-order valence-electron chi connectivity index (χ0n) is 4.47. The van der Waals surface area contributed by atoms with Crippen LogP contribution in [0.15, 0.2) is 13.7 Å². The van der Waals surface area contributed by atoms with Crippen molar-refractivity contribution in [3.8, 4) is 0 Å². The maximum absolute atomic E-state index is 10.2. The van der Waals surface area contributed by atoms with Gasteiger partial charge in [0.2, 0.25) is 4.67 Å². The van der Waals surface area contributed by atoms with Gasteiger partial charge in [0.05, 0.1) is 0 Å². The molecule has 1 heterocycles. The molecule has 0 saturated carbocycles. The van der Waals surface area contributed by atoms with E-state index in [9.17, 15) is 4.79 Å². The fourth-order valence-corrected chi connectivity index (χ4v) is 0.858. The summed E-state index contributed by atoms with van der Waals surface area (Å²) in [6.07, 6.45) is 0. The molecule has 1 aromatic heterocycles. The molecular weight excluding hydrogens is 270 g/mol. The summed E-state index contributed by atoms with van der Waals surface area (Å²) >= 11 is 5.91. The van der Waals surface area contributed by atoms with Crippen LogP contribution in [0.25, 0.3) is 0 Å². The molecule has 10 heavy (non-hydrogen) atoms. The standard InChI is InChI=1S/C4HBr2NO3/c5-1-2(6)10-3(7-1)4(8)9/h(H,8,9). The number of aromatic nitrogens is 1. The molecule has 0 fully saturated rings. The van der Waals surface area contributed by atoms with E-state index in [-0.39, 0.29) is 10.6 Å². The molecule has 6 heteroatoms. The molecule has 0 spiro atoms. The Kier molecular flexibility index (Phi) is 2.10. The molecule has 0 saturated heterocycles. The lowest BCUT2D eigenvalue weighted by atomic mass is 10.7. The first kappa shape index (κ1) is 7.74. The SMILES string of the molecule is O=C(O)c1nc(Br)c(Br)o1. The maximum atomic E-state index is 10.2. The predicted octanol–water partition coefficient (Wildman–Crippen LogP) is 1.90. The van der Waals surface area contributed by atoms with E-state index in [0.717, 1.165) is 0 Å². The van der Waals surface area contributed by atoms with Gasteiger partial charge in [-0.15, -0.1) is 0 Å². The first-order valence-electron chi connectivity index (χ1n) is 2.16. The molecule has 0 aliphatic carbocycles. The Bertz CT molecular complexity index is 250. The van der Waals surface area contributed by atoms with Gasteiger partial charge in [0.15, 0.2) is 4.60 Å². The fourth-order valence-electron chi connectivity index (χ4n) is 0.374. The summed E-state index contributed by atoms with van der Waals surface area (Å²) in [5.74, 6) is -1.52. The minimum Gasteiger partial charge on any atom is -0.474 e. The van der Waals surface area contributed by atoms with E-state index in [1.54, 1.807) is 0 Å². The molecule has 0 radical (unpaired) electrons. The van der Waals surface area contributed by atoms with Gasteiger partial charge in [0.1, 0.15) is 0 Å². The molecule has 0 atom stereocenters. The number of carboxylic acids is 1. The Labute approximate surface area is 72.5 Å². The summed E-state index contributed by atoms with van der Waals surface area (Å²) in [5.41, 5.74) is 0. The fraction of sp³-hybridized carbons (Fsp3) is 0. The smallest absolute Gasteiger partial charge is 0.392 e. The average Bonchev–Trinajstić information content (AvgIpc) is 2.13. The monoisotopic (exact) mass is 269 g/mol. The molecule has 4 nitrogen and oxygen atoms in total. The third kappa shape index (κ3) is 1.38. The lowest BCUT2D eigenvalue weighted by Crippen LogP contribution is -1.94. The van der Waals surface area contributed by atoms with E-state index in [1.165, 1.54) is 0 Å². The van der Waals surface area contributed by atoms with Crippen molar-refractivity contribution in [2.75, 3.05) is 0 Å². The van der Waals surface area contributed by atoms with Crippen molar-refractivity contribution in [1.29, 1.82) is 0 Å². The largest absolute Gasteiger partial charge is 0.474 e. The average molecular weight is 271 g/mol. The van der Waals surface area contributed by atoms with Gasteiger partial charge in [-0.1, -0.05) is 0 Å². The number of aromatic carboxylic acids is 1. The van der Waals surface area contributed by atoms with Crippen LogP contribution in [0.3, 0.4) is 0 Å². The molecule has 1 N–H and O–H groups in total. The summed E-state index contributed by atoms with van der Waals surface area (Å²) in [7, 11) is 0. The van der Waals surface area contributed by atoms with Crippen molar-refractivity contribution in [3.05, 3.63) is 15.2 Å². The molecule has 0 aromatic carbocycles. The second kappa shape index (κ2) is 2.71. The first-order chi connectivity index (χ1) is 4.61. The summed E-state index contributed by atoms with van der Waals surface area (Å²) in [5, 5.41) is 8.32. The normalized spacial score (nSPS) is 9.80. The summed E-state index contributed by atoms with van der Waals surface area (Å²) in [4.78, 5) is 13.7. The zero-order valence-corrected chi connectivity index (χ0v) is 7.64. The molecule has 1 rings (SSSR count). The van der Waals surface area contributed by atoms with E-state index < -0.39 is 5.97 Å². The van der Waals surface area contributed by atoms with Gasteiger partial charge in [-0.2, -0.15) is 4.98 Å². The van der Waals surface area contributed by atoms with Crippen LogP contribution >= 0.6 is 31.9 Å². The van der Waals surface area contributed by atoms with Gasteiger partial charge in [-0.05, 0) is 31.9 Å². The van der Waals surface area contributed by atoms with Crippen LogP contribution in [-0.4, -0.2) is 16.1 Å². The van der Waals surface area contributed by atoms with Gasteiger partial charge < -0.3 is 9.52 Å². The number of carbonyl (C=O) groups is 1. The topological polar surface area (TPSA) is 63.3 Å². The molecule has 0 aliphatic heterocycles. The maximum Gasteiger partial charge on any atom is 0.392 e. The van der Waals surface area contributed by atoms with Crippen molar-refractivity contribution >= 4 is 37.8 Å². The Morgan fingerprint density at radius 1 is 1.60 bits per heavy atom. The van der Waals surface area contributed by atoms with Crippen molar-refractivity contribution in [3.63, 3.8) is 0 Å². The van der Waals surface area contributed by atoms with Crippen LogP contribution in [-0.2, 0) is 0 Å². The number of hydrogen-bond donors (Lipinski definition) is 1. The van der Waals surface area contributed by atoms with E-state index in [2.05, 4.69) is 41.3 Å². The number of nitrogens with zero attached hydrogens (tertiary/aromatic N) is 1. The van der Waals surface area contributed by atoms with Crippen LogP contribution in [0.1, 0.15) is 10.7 Å². The van der Waals surface area contributed by atoms with E-state index in [4.69, 9.17) is 5.11 Å². The van der Waals surface area contributed by atoms with Crippen LogP contribution in [0, 0.1) is 0 Å². The molecule has 0 unspecified atom stereocenters. The quantitative estimate of drug-likeness (QED) is 0.847. The Morgan fingerprint density at radius 3 is 2.40 bits per heavy atom. The summed E-state index contributed by atoms with van der Waals surface area (Å²) in [6.45, 7) is 0. The van der Waals surface area contributed by atoms with Crippen molar-refractivity contribution < 1.29 is 14.3 Å². The third-order valence-corrected chi connectivity index (χ3v) is 2.34. The Morgan fingerprint density at radius 2 is 2.20 bits per heavy atom. The minimum atomic E-state index is -1.19. The van der Waals surface area contributed by atoms with E-state index in [0.29, 0.717) is 4.60 Å². The van der Waals surface area contributed by atoms with Crippen LogP contribution in [0.2, 0.25) is 0 Å². The number of rotatable bonds is 1. The van der Waals surface area contributed by atoms with Gasteiger partial charge in [-0.3, -0.25) is 0 Å². The highest BCUT2D eigenvalue weighted by Gasteiger charge is 2.13. The second-order valence-electron chi connectivity index (χ2n) is 1.39. The molecule has 0 aliphatic rings. The molecule has 54 valence electrons. The Balaban J connectivity index is 3.10. The number of oxazole rings is 1. The highest BCUT2D eigenvalue weighted by molar-refractivity contribution is 9.13. The van der Waals surface area contributed by atoms with Crippen molar-refractivity contribution in [2.45, 2.75) is 0 Å². The van der Waals surface area contributed by atoms with E-state index >= 15 is 0 Å². The second-order valence-corrected chi connectivity index (χ2v) is 2.86. The number of halogens is 2. The van der Waals surface area contributed by atoms with Gasteiger partial charge in [0, 0.05) is 0 Å². The lowest BCUT2D eigenvalue weighted by Gasteiger charge is -1.78. The zero-order chi connectivity index (χ0) is 7.72. The van der Waals surface area contributed by atoms with Crippen LogP contribution < -0.4 is 0 Å². The lowest BCUT2D eigenvalue weighted by molar-refractivity contribution is 0.0652. The van der Waals surface area contributed by atoms with Crippen molar-refractivity contribution in [2.24, 2.45) is 0 Å². The van der Waals surface area contributed by atoms with E-state index in [1.807, 2.05) is 0 Å². The number of carboxylic acid groups (broad SMARTS) is 1. The molecule has 0 bridgehead atoms.